The number of thioether (sulfide) groups is 1. The Hall–Kier alpha value is -1.07. The molecule has 0 unspecified atom stereocenters. The predicted octanol–water partition coefficient (Wildman–Crippen LogP) is 2.46. The van der Waals surface area contributed by atoms with Crippen LogP contribution in [-0.2, 0) is 9.53 Å². The van der Waals surface area contributed by atoms with Crippen molar-refractivity contribution in [3.8, 4) is 0 Å². The van der Waals surface area contributed by atoms with E-state index in [0.717, 1.165) is 17.2 Å². The summed E-state index contributed by atoms with van der Waals surface area (Å²) in [7, 11) is 0. The SMILES string of the molecule is CCOC(=O)CCNCCSc1ccc(F)cc1. The molecule has 0 heterocycles. The van der Waals surface area contributed by atoms with Crippen LogP contribution in [0.4, 0.5) is 4.39 Å². The Labute approximate surface area is 111 Å². The molecule has 1 rings (SSSR count). The number of nitrogens with one attached hydrogen (secondary N) is 1. The number of halogens is 1. The molecule has 5 heteroatoms. The minimum absolute atomic E-state index is 0.170. The van der Waals surface area contributed by atoms with Gasteiger partial charge in [0.25, 0.3) is 0 Å². The van der Waals surface area contributed by atoms with E-state index in [2.05, 4.69) is 5.32 Å². The Kier molecular flexibility index (Phi) is 7.44. The van der Waals surface area contributed by atoms with Crippen LogP contribution in [0.5, 0.6) is 0 Å². The van der Waals surface area contributed by atoms with E-state index in [9.17, 15) is 9.18 Å². The maximum Gasteiger partial charge on any atom is 0.307 e. The Balaban J connectivity index is 2.02. The van der Waals surface area contributed by atoms with Crippen LogP contribution in [0.1, 0.15) is 13.3 Å². The van der Waals surface area contributed by atoms with Crippen molar-refractivity contribution in [2.24, 2.45) is 0 Å². The third-order valence-electron chi connectivity index (χ3n) is 2.17. The Morgan fingerprint density at radius 1 is 1.33 bits per heavy atom. The first-order valence-corrected chi connectivity index (χ1v) is 6.95. The molecule has 3 nitrogen and oxygen atoms in total. The molecular formula is C13H18FNO2S. The first-order valence-electron chi connectivity index (χ1n) is 5.97. The number of carbonyl (C=O) groups is 1. The summed E-state index contributed by atoms with van der Waals surface area (Å²) in [5, 5.41) is 3.16. The second-order valence-corrected chi connectivity index (χ2v) is 4.78. The summed E-state index contributed by atoms with van der Waals surface area (Å²) in [6, 6.07) is 6.43. The van der Waals surface area contributed by atoms with Crippen molar-refractivity contribution in [3.05, 3.63) is 30.1 Å². The normalized spacial score (nSPS) is 10.3. The minimum Gasteiger partial charge on any atom is -0.466 e. The zero-order valence-electron chi connectivity index (χ0n) is 10.4. The van der Waals surface area contributed by atoms with Crippen LogP contribution in [0.25, 0.3) is 0 Å². The number of hydrogen-bond acceptors (Lipinski definition) is 4. The van der Waals surface area contributed by atoms with Crippen LogP contribution in [-0.4, -0.2) is 31.4 Å². The van der Waals surface area contributed by atoms with Crippen LogP contribution in [0, 0.1) is 5.82 Å². The second-order valence-electron chi connectivity index (χ2n) is 3.61. The van der Waals surface area contributed by atoms with E-state index >= 15 is 0 Å². The van der Waals surface area contributed by atoms with Gasteiger partial charge in [0.15, 0.2) is 0 Å². The van der Waals surface area contributed by atoms with Gasteiger partial charge in [0.05, 0.1) is 13.0 Å². The molecule has 0 saturated carbocycles. The molecule has 0 spiro atoms. The van der Waals surface area contributed by atoms with Gasteiger partial charge in [0.1, 0.15) is 5.82 Å². The summed E-state index contributed by atoms with van der Waals surface area (Å²) < 4.78 is 17.5. The number of esters is 1. The molecule has 18 heavy (non-hydrogen) atoms. The van der Waals surface area contributed by atoms with Crippen LogP contribution in [0.2, 0.25) is 0 Å². The molecule has 1 aromatic carbocycles. The molecule has 0 radical (unpaired) electrons. The first-order chi connectivity index (χ1) is 8.72. The monoisotopic (exact) mass is 271 g/mol. The summed E-state index contributed by atoms with van der Waals surface area (Å²) >= 11 is 1.65. The number of ether oxygens (including phenoxy) is 1. The predicted molar refractivity (Wildman–Crippen MR) is 71.2 cm³/mol. The quantitative estimate of drug-likeness (QED) is 0.448. The third kappa shape index (κ3) is 6.61. The molecule has 1 aromatic rings. The van der Waals surface area contributed by atoms with Crippen LogP contribution in [0.3, 0.4) is 0 Å². The zero-order valence-corrected chi connectivity index (χ0v) is 11.3. The molecule has 0 atom stereocenters. The third-order valence-corrected chi connectivity index (χ3v) is 3.19. The summed E-state index contributed by atoms with van der Waals surface area (Å²) in [5.74, 6) is 0.497. The largest absolute Gasteiger partial charge is 0.466 e. The van der Waals surface area contributed by atoms with E-state index in [0.29, 0.717) is 19.6 Å². The number of rotatable bonds is 8. The molecule has 0 aromatic heterocycles. The molecule has 100 valence electrons. The fraction of sp³-hybridized carbons (Fsp3) is 0.462. The first kappa shape index (κ1) is 15.0. The summed E-state index contributed by atoms with van der Waals surface area (Å²) in [6.07, 6.45) is 0.398. The van der Waals surface area contributed by atoms with Gasteiger partial charge in [0.2, 0.25) is 0 Å². The van der Waals surface area contributed by atoms with E-state index in [-0.39, 0.29) is 11.8 Å². The van der Waals surface area contributed by atoms with Crippen molar-refractivity contribution >= 4 is 17.7 Å². The number of carbonyl (C=O) groups excluding carboxylic acids is 1. The maximum atomic E-state index is 12.6. The highest BCUT2D eigenvalue weighted by atomic mass is 32.2. The standard InChI is InChI=1S/C13H18FNO2S/c1-2-17-13(16)7-8-15-9-10-18-12-5-3-11(14)4-6-12/h3-6,15H,2,7-10H2,1H3. The van der Waals surface area contributed by atoms with E-state index in [1.54, 1.807) is 30.8 Å². The smallest absolute Gasteiger partial charge is 0.307 e. The van der Waals surface area contributed by atoms with Gasteiger partial charge in [-0.15, -0.1) is 11.8 Å². The molecule has 0 saturated heterocycles. The molecule has 0 aliphatic heterocycles. The van der Waals surface area contributed by atoms with Gasteiger partial charge < -0.3 is 10.1 Å². The highest BCUT2D eigenvalue weighted by Crippen LogP contribution is 2.16. The summed E-state index contributed by atoms with van der Waals surface area (Å²) in [5.41, 5.74) is 0. The minimum atomic E-state index is -0.216. The van der Waals surface area contributed by atoms with Crippen molar-refractivity contribution in [1.82, 2.24) is 5.32 Å². The fourth-order valence-corrected chi connectivity index (χ4v) is 2.13. The van der Waals surface area contributed by atoms with E-state index in [4.69, 9.17) is 4.74 Å². The van der Waals surface area contributed by atoms with Gasteiger partial charge in [-0.3, -0.25) is 4.79 Å². The van der Waals surface area contributed by atoms with Gasteiger partial charge in [-0.25, -0.2) is 4.39 Å². The second kappa shape index (κ2) is 8.94. The van der Waals surface area contributed by atoms with Gasteiger partial charge in [0, 0.05) is 23.7 Å². The molecule has 0 bridgehead atoms. The van der Waals surface area contributed by atoms with Crippen LogP contribution in [0.15, 0.2) is 29.2 Å². The van der Waals surface area contributed by atoms with Crippen molar-refractivity contribution in [2.45, 2.75) is 18.2 Å². The molecule has 0 fully saturated rings. The van der Waals surface area contributed by atoms with Gasteiger partial charge in [-0.05, 0) is 31.2 Å². The van der Waals surface area contributed by atoms with E-state index in [1.165, 1.54) is 12.1 Å². The number of hydrogen-bond donors (Lipinski definition) is 1. The van der Waals surface area contributed by atoms with Gasteiger partial charge >= 0.3 is 5.97 Å². The fourth-order valence-electron chi connectivity index (χ4n) is 1.32. The van der Waals surface area contributed by atoms with Gasteiger partial charge in [-0.1, -0.05) is 0 Å². The van der Waals surface area contributed by atoms with Crippen molar-refractivity contribution in [2.75, 3.05) is 25.4 Å². The highest BCUT2D eigenvalue weighted by Gasteiger charge is 2.00. The van der Waals surface area contributed by atoms with Crippen LogP contribution < -0.4 is 5.32 Å². The Morgan fingerprint density at radius 3 is 2.72 bits per heavy atom. The lowest BCUT2D eigenvalue weighted by Gasteiger charge is -2.04. The van der Waals surface area contributed by atoms with Crippen LogP contribution >= 0.6 is 11.8 Å². The summed E-state index contributed by atoms with van der Waals surface area (Å²) in [4.78, 5) is 12.1. The van der Waals surface area contributed by atoms with E-state index in [1.807, 2.05) is 0 Å². The molecule has 1 N–H and O–H groups in total. The Bertz CT molecular complexity index is 357. The van der Waals surface area contributed by atoms with Gasteiger partial charge in [-0.2, -0.15) is 0 Å². The van der Waals surface area contributed by atoms with Crippen molar-refractivity contribution in [1.29, 1.82) is 0 Å². The average Bonchev–Trinajstić information content (AvgIpc) is 2.36. The van der Waals surface area contributed by atoms with Crippen molar-refractivity contribution < 1.29 is 13.9 Å². The highest BCUT2D eigenvalue weighted by molar-refractivity contribution is 7.99. The molecule has 0 aliphatic rings. The topological polar surface area (TPSA) is 38.3 Å². The molecular weight excluding hydrogens is 253 g/mol. The van der Waals surface area contributed by atoms with E-state index < -0.39 is 0 Å². The lowest BCUT2D eigenvalue weighted by Crippen LogP contribution is -2.21. The average molecular weight is 271 g/mol. The molecule has 0 aliphatic carbocycles. The Morgan fingerprint density at radius 2 is 2.06 bits per heavy atom. The lowest BCUT2D eigenvalue weighted by molar-refractivity contribution is -0.142. The molecule has 0 amide bonds. The van der Waals surface area contributed by atoms with Crippen molar-refractivity contribution in [3.63, 3.8) is 0 Å². The zero-order chi connectivity index (χ0) is 13.2. The maximum absolute atomic E-state index is 12.6. The summed E-state index contributed by atoms with van der Waals surface area (Å²) in [6.45, 7) is 3.66. The lowest BCUT2D eigenvalue weighted by atomic mass is 10.4. The number of benzene rings is 1.